The van der Waals surface area contributed by atoms with Gasteiger partial charge in [0.25, 0.3) is 0 Å². The minimum Gasteiger partial charge on any atom is -0.496 e. The fourth-order valence-electron chi connectivity index (χ4n) is 1.51. The summed E-state index contributed by atoms with van der Waals surface area (Å²) >= 11 is 3.30. The van der Waals surface area contributed by atoms with Crippen molar-refractivity contribution >= 4 is 21.9 Å². The molecule has 0 aliphatic rings. The van der Waals surface area contributed by atoms with Gasteiger partial charge in [0.2, 0.25) is 0 Å². The van der Waals surface area contributed by atoms with Crippen molar-refractivity contribution in [2.45, 2.75) is 12.3 Å². The molecule has 0 spiro atoms. The van der Waals surface area contributed by atoms with E-state index in [9.17, 15) is 9.90 Å². The molecule has 0 aliphatic heterocycles. The third-order valence-electron chi connectivity index (χ3n) is 2.27. The van der Waals surface area contributed by atoms with Crippen molar-refractivity contribution in [2.24, 2.45) is 0 Å². The van der Waals surface area contributed by atoms with E-state index in [1.54, 1.807) is 18.2 Å². The Kier molecular flexibility index (Phi) is 4.76. The molecule has 0 amide bonds. The first-order valence-corrected chi connectivity index (χ1v) is 5.54. The van der Waals surface area contributed by atoms with E-state index in [4.69, 9.17) is 9.84 Å². The van der Waals surface area contributed by atoms with Crippen LogP contribution in [0.3, 0.4) is 0 Å². The van der Waals surface area contributed by atoms with Gasteiger partial charge in [-0.15, -0.1) is 0 Å². The Balaban J connectivity index is 3.06. The molecule has 88 valence electrons. The highest BCUT2D eigenvalue weighted by Gasteiger charge is 2.18. The lowest BCUT2D eigenvalue weighted by Gasteiger charge is -2.16. The first-order chi connectivity index (χ1) is 7.58. The van der Waals surface area contributed by atoms with Gasteiger partial charge in [0.05, 0.1) is 20.1 Å². The molecule has 1 atom stereocenters. The normalized spacial score (nSPS) is 12.2. The average Bonchev–Trinajstić information content (AvgIpc) is 2.25. The zero-order valence-electron chi connectivity index (χ0n) is 8.81. The Hall–Kier alpha value is -1.07. The molecule has 2 N–H and O–H groups in total. The summed E-state index contributed by atoms with van der Waals surface area (Å²) in [6.45, 7) is -0.223. The molecular formula is C11H13BrO4. The number of rotatable bonds is 5. The Labute approximate surface area is 102 Å². The number of aliphatic hydroxyl groups is 1. The van der Waals surface area contributed by atoms with Gasteiger partial charge < -0.3 is 14.9 Å². The molecule has 0 radical (unpaired) electrons. The summed E-state index contributed by atoms with van der Waals surface area (Å²) in [5, 5.41) is 18.0. The zero-order valence-corrected chi connectivity index (χ0v) is 10.4. The van der Waals surface area contributed by atoms with E-state index < -0.39 is 11.9 Å². The van der Waals surface area contributed by atoms with Crippen LogP contribution in [0.2, 0.25) is 0 Å². The number of ether oxygens (including phenoxy) is 1. The summed E-state index contributed by atoms with van der Waals surface area (Å²) < 4.78 is 5.97. The molecule has 1 unspecified atom stereocenters. The van der Waals surface area contributed by atoms with E-state index in [0.717, 1.165) is 4.47 Å². The summed E-state index contributed by atoms with van der Waals surface area (Å²) in [7, 11) is 1.52. The molecule has 0 aliphatic carbocycles. The number of aliphatic carboxylic acids is 1. The van der Waals surface area contributed by atoms with Crippen molar-refractivity contribution in [1.82, 2.24) is 0 Å². The van der Waals surface area contributed by atoms with Crippen LogP contribution < -0.4 is 4.74 Å². The van der Waals surface area contributed by atoms with Gasteiger partial charge >= 0.3 is 5.97 Å². The summed E-state index contributed by atoms with van der Waals surface area (Å²) in [6, 6.07) is 5.31. The van der Waals surface area contributed by atoms with Gasteiger partial charge in [-0.3, -0.25) is 4.79 Å². The Morgan fingerprint density at radius 3 is 2.75 bits per heavy atom. The van der Waals surface area contributed by atoms with Gasteiger partial charge in [-0.05, 0) is 18.2 Å². The number of methoxy groups -OCH3 is 1. The molecule has 1 rings (SSSR count). The number of carbonyl (C=O) groups is 1. The van der Waals surface area contributed by atoms with E-state index in [2.05, 4.69) is 15.9 Å². The molecule has 0 saturated heterocycles. The average molecular weight is 289 g/mol. The molecule has 4 nitrogen and oxygen atoms in total. The highest BCUT2D eigenvalue weighted by atomic mass is 79.9. The van der Waals surface area contributed by atoms with Gasteiger partial charge in [-0.25, -0.2) is 0 Å². The number of carboxylic acid groups (broad SMARTS) is 1. The van der Waals surface area contributed by atoms with Crippen molar-refractivity contribution in [1.29, 1.82) is 0 Å². The van der Waals surface area contributed by atoms with E-state index >= 15 is 0 Å². The maximum atomic E-state index is 10.7. The highest BCUT2D eigenvalue weighted by molar-refractivity contribution is 9.10. The van der Waals surface area contributed by atoms with E-state index in [0.29, 0.717) is 11.3 Å². The van der Waals surface area contributed by atoms with Crippen molar-refractivity contribution in [3.8, 4) is 5.75 Å². The number of hydrogen-bond donors (Lipinski definition) is 2. The Morgan fingerprint density at radius 2 is 2.25 bits per heavy atom. The van der Waals surface area contributed by atoms with Crippen LogP contribution in [0, 0.1) is 0 Å². The van der Waals surface area contributed by atoms with Crippen LogP contribution in [0.15, 0.2) is 22.7 Å². The van der Waals surface area contributed by atoms with Crippen LogP contribution in [0.25, 0.3) is 0 Å². The number of benzene rings is 1. The molecule has 0 saturated carbocycles. The molecule has 5 heteroatoms. The molecule has 0 heterocycles. The van der Waals surface area contributed by atoms with Crippen LogP contribution in [-0.4, -0.2) is 29.9 Å². The fourth-order valence-corrected chi connectivity index (χ4v) is 1.89. The zero-order chi connectivity index (χ0) is 12.1. The lowest BCUT2D eigenvalue weighted by Crippen LogP contribution is -2.11. The maximum Gasteiger partial charge on any atom is 0.304 e. The lowest BCUT2D eigenvalue weighted by molar-refractivity contribution is -0.137. The number of aliphatic hydroxyl groups excluding tert-OH is 1. The number of hydrogen-bond acceptors (Lipinski definition) is 3. The third-order valence-corrected chi connectivity index (χ3v) is 2.77. The minimum absolute atomic E-state index is 0.122. The fraction of sp³-hybridized carbons (Fsp3) is 0.364. The SMILES string of the molecule is COc1ccc(Br)cc1C(CO)CC(=O)O. The van der Waals surface area contributed by atoms with Crippen molar-refractivity contribution < 1.29 is 19.7 Å². The number of carboxylic acids is 1. The highest BCUT2D eigenvalue weighted by Crippen LogP contribution is 2.31. The standard InChI is InChI=1S/C11H13BrO4/c1-16-10-3-2-8(12)5-9(10)7(6-13)4-11(14)15/h2-3,5,7,13H,4,6H2,1H3,(H,14,15). The summed E-state index contributed by atoms with van der Waals surface area (Å²) in [6.07, 6.45) is -0.122. The molecular weight excluding hydrogens is 276 g/mol. The Bertz CT molecular complexity index is 378. The molecule has 16 heavy (non-hydrogen) atoms. The maximum absolute atomic E-state index is 10.7. The molecule has 0 bridgehead atoms. The van der Waals surface area contributed by atoms with Gasteiger partial charge in [0.15, 0.2) is 0 Å². The molecule has 0 aromatic heterocycles. The second-order valence-electron chi connectivity index (χ2n) is 3.36. The van der Waals surface area contributed by atoms with E-state index in [-0.39, 0.29) is 13.0 Å². The van der Waals surface area contributed by atoms with E-state index in [1.807, 2.05) is 0 Å². The molecule has 0 fully saturated rings. The molecule has 1 aromatic carbocycles. The van der Waals surface area contributed by atoms with Crippen LogP contribution in [0.5, 0.6) is 5.75 Å². The van der Waals surface area contributed by atoms with Crippen molar-refractivity contribution in [3.63, 3.8) is 0 Å². The van der Waals surface area contributed by atoms with E-state index in [1.165, 1.54) is 7.11 Å². The summed E-state index contributed by atoms with van der Waals surface area (Å²) in [4.78, 5) is 10.7. The smallest absolute Gasteiger partial charge is 0.304 e. The monoisotopic (exact) mass is 288 g/mol. The van der Waals surface area contributed by atoms with Crippen molar-refractivity contribution in [2.75, 3.05) is 13.7 Å². The number of halogens is 1. The predicted octanol–water partition coefficient (Wildman–Crippen LogP) is 2.01. The lowest BCUT2D eigenvalue weighted by atomic mass is 9.96. The van der Waals surface area contributed by atoms with Gasteiger partial charge in [-0.2, -0.15) is 0 Å². The largest absolute Gasteiger partial charge is 0.496 e. The molecule has 1 aromatic rings. The van der Waals surface area contributed by atoms with Crippen molar-refractivity contribution in [3.05, 3.63) is 28.2 Å². The summed E-state index contributed by atoms with van der Waals surface area (Å²) in [5.74, 6) is -0.811. The third kappa shape index (κ3) is 3.21. The van der Waals surface area contributed by atoms with Gasteiger partial charge in [0.1, 0.15) is 5.75 Å². The first-order valence-electron chi connectivity index (χ1n) is 4.74. The quantitative estimate of drug-likeness (QED) is 0.870. The van der Waals surface area contributed by atoms with Gasteiger partial charge in [0, 0.05) is 16.0 Å². The predicted molar refractivity (Wildman–Crippen MR) is 62.8 cm³/mol. The summed E-state index contributed by atoms with van der Waals surface area (Å²) in [5.41, 5.74) is 0.696. The Morgan fingerprint density at radius 1 is 1.56 bits per heavy atom. The van der Waals surface area contributed by atoms with Gasteiger partial charge in [-0.1, -0.05) is 15.9 Å². The minimum atomic E-state index is -0.943. The van der Waals surface area contributed by atoms with Crippen LogP contribution in [0.4, 0.5) is 0 Å². The van der Waals surface area contributed by atoms with Crippen LogP contribution in [-0.2, 0) is 4.79 Å². The second-order valence-corrected chi connectivity index (χ2v) is 4.28. The van der Waals surface area contributed by atoms with Crippen LogP contribution in [0.1, 0.15) is 17.9 Å². The topological polar surface area (TPSA) is 66.8 Å². The van der Waals surface area contributed by atoms with Crippen LogP contribution >= 0.6 is 15.9 Å². The second kappa shape index (κ2) is 5.86. The first kappa shape index (κ1) is 13.0.